The molecule has 0 unspecified atom stereocenters. The van der Waals surface area contributed by atoms with Gasteiger partial charge in [0.05, 0.1) is 17.2 Å². The summed E-state index contributed by atoms with van der Waals surface area (Å²) in [5.74, 6) is 0.510. The monoisotopic (exact) mass is 330 g/mol. The maximum absolute atomic E-state index is 12.0. The van der Waals surface area contributed by atoms with Gasteiger partial charge in [-0.3, -0.25) is 14.3 Å². The number of nitrogens with zero attached hydrogens (tertiary/aromatic N) is 5. The highest BCUT2D eigenvalue weighted by atomic mass is 16.1. The first-order valence-electron chi connectivity index (χ1n) is 7.73. The third kappa shape index (κ3) is 3.07. The van der Waals surface area contributed by atoms with E-state index >= 15 is 0 Å². The topological polar surface area (TPSA) is 85.6 Å². The molecule has 1 aromatic carbocycles. The molecule has 0 saturated heterocycles. The first-order chi connectivity index (χ1) is 12.3. The Hall–Kier alpha value is -3.61. The molecule has 0 radical (unpaired) electrons. The number of aromatic nitrogens is 5. The molecule has 4 aromatic rings. The van der Waals surface area contributed by atoms with E-state index in [9.17, 15) is 4.79 Å². The van der Waals surface area contributed by atoms with Gasteiger partial charge in [0.1, 0.15) is 17.8 Å². The van der Waals surface area contributed by atoms with Crippen LogP contribution >= 0.6 is 0 Å². The Morgan fingerprint density at radius 2 is 1.92 bits per heavy atom. The summed E-state index contributed by atoms with van der Waals surface area (Å²) >= 11 is 0. The van der Waals surface area contributed by atoms with Crippen LogP contribution < -0.4 is 5.32 Å². The number of benzene rings is 1. The van der Waals surface area contributed by atoms with Gasteiger partial charge < -0.3 is 5.32 Å². The van der Waals surface area contributed by atoms with Crippen molar-refractivity contribution >= 4 is 16.9 Å². The van der Waals surface area contributed by atoms with E-state index in [-0.39, 0.29) is 11.6 Å². The molecule has 0 bridgehead atoms. The van der Waals surface area contributed by atoms with Crippen molar-refractivity contribution in [3.63, 3.8) is 0 Å². The van der Waals surface area contributed by atoms with E-state index in [0.717, 1.165) is 22.4 Å². The predicted molar refractivity (Wildman–Crippen MR) is 92.1 cm³/mol. The number of carbonyl (C=O) groups excluding carboxylic acids is 1. The largest absolute Gasteiger partial charge is 0.347 e. The molecule has 0 saturated carbocycles. The predicted octanol–water partition coefficient (Wildman–Crippen LogP) is 2.14. The second kappa shape index (κ2) is 6.48. The first kappa shape index (κ1) is 14.9. The summed E-state index contributed by atoms with van der Waals surface area (Å²) < 4.78 is 1.93. The van der Waals surface area contributed by atoms with E-state index in [0.29, 0.717) is 6.54 Å². The van der Waals surface area contributed by atoms with Gasteiger partial charge in [-0.15, -0.1) is 0 Å². The Labute approximate surface area is 143 Å². The van der Waals surface area contributed by atoms with Gasteiger partial charge in [-0.05, 0) is 23.8 Å². The summed E-state index contributed by atoms with van der Waals surface area (Å²) in [4.78, 5) is 28.6. The molecule has 3 aromatic heterocycles. The molecule has 0 aliphatic heterocycles. The Bertz CT molecular complexity index is 1010. The molecule has 0 atom stereocenters. The maximum atomic E-state index is 12.0. The zero-order chi connectivity index (χ0) is 17.1. The zero-order valence-corrected chi connectivity index (χ0v) is 13.2. The Morgan fingerprint density at radius 3 is 2.72 bits per heavy atom. The molecule has 0 aliphatic carbocycles. The van der Waals surface area contributed by atoms with Crippen LogP contribution in [0.15, 0.2) is 67.5 Å². The van der Waals surface area contributed by atoms with Gasteiger partial charge in [-0.25, -0.2) is 15.0 Å². The van der Waals surface area contributed by atoms with Crippen LogP contribution in [0.25, 0.3) is 16.9 Å². The number of rotatable bonds is 4. The van der Waals surface area contributed by atoms with E-state index < -0.39 is 0 Å². The fourth-order valence-corrected chi connectivity index (χ4v) is 2.49. The van der Waals surface area contributed by atoms with E-state index in [4.69, 9.17) is 0 Å². The van der Waals surface area contributed by atoms with Crippen LogP contribution in [0.4, 0.5) is 0 Å². The van der Waals surface area contributed by atoms with E-state index in [1.54, 1.807) is 12.5 Å². The molecular formula is C18H14N6O. The lowest BCUT2D eigenvalue weighted by Crippen LogP contribution is -2.23. The second-order valence-corrected chi connectivity index (χ2v) is 5.40. The number of nitrogens with one attached hydrogen (secondary N) is 1. The molecule has 1 amide bonds. The SMILES string of the molecule is O=C(NCc1ccc(-n2cnc3ccccc32)nc1)c1cnccn1. The fraction of sp³-hybridized carbons (Fsp3) is 0.0556. The van der Waals surface area contributed by atoms with Crippen LogP contribution in [0, 0.1) is 0 Å². The lowest BCUT2D eigenvalue weighted by atomic mass is 10.2. The number of hydrogen-bond acceptors (Lipinski definition) is 5. The van der Waals surface area contributed by atoms with Gasteiger partial charge in [0.15, 0.2) is 0 Å². The molecular weight excluding hydrogens is 316 g/mol. The van der Waals surface area contributed by atoms with Gasteiger partial charge in [-0.1, -0.05) is 18.2 Å². The summed E-state index contributed by atoms with van der Waals surface area (Å²) in [6.07, 6.45) is 7.93. The first-order valence-corrected chi connectivity index (χ1v) is 7.73. The van der Waals surface area contributed by atoms with Gasteiger partial charge in [0.25, 0.3) is 5.91 Å². The maximum Gasteiger partial charge on any atom is 0.271 e. The standard InChI is InChI=1S/C18H14N6O/c25-18(15-11-19-7-8-20-15)22-10-13-5-6-17(21-9-13)24-12-23-14-3-1-2-4-16(14)24/h1-9,11-12H,10H2,(H,22,25). The minimum absolute atomic E-state index is 0.266. The Kier molecular flexibility index (Phi) is 3.88. The van der Waals surface area contributed by atoms with Crippen molar-refractivity contribution < 1.29 is 4.79 Å². The summed E-state index contributed by atoms with van der Waals surface area (Å²) in [7, 11) is 0. The van der Waals surface area contributed by atoms with Crippen molar-refractivity contribution in [3.05, 3.63) is 78.8 Å². The average molecular weight is 330 g/mol. The minimum Gasteiger partial charge on any atom is -0.347 e. The van der Waals surface area contributed by atoms with Crippen molar-refractivity contribution in [2.24, 2.45) is 0 Å². The van der Waals surface area contributed by atoms with Crippen LogP contribution in [-0.4, -0.2) is 30.4 Å². The van der Waals surface area contributed by atoms with Crippen molar-refractivity contribution in [1.82, 2.24) is 29.8 Å². The van der Waals surface area contributed by atoms with Crippen molar-refractivity contribution in [2.75, 3.05) is 0 Å². The van der Waals surface area contributed by atoms with Crippen molar-refractivity contribution in [3.8, 4) is 5.82 Å². The van der Waals surface area contributed by atoms with Gasteiger partial charge in [-0.2, -0.15) is 0 Å². The second-order valence-electron chi connectivity index (χ2n) is 5.40. The number of imidazole rings is 1. The third-order valence-corrected chi connectivity index (χ3v) is 3.76. The lowest BCUT2D eigenvalue weighted by Gasteiger charge is -2.06. The van der Waals surface area contributed by atoms with Crippen LogP contribution in [-0.2, 0) is 6.54 Å². The van der Waals surface area contributed by atoms with Gasteiger partial charge in [0, 0.05) is 25.1 Å². The Balaban J connectivity index is 1.48. The highest BCUT2D eigenvalue weighted by Gasteiger charge is 2.08. The molecule has 0 spiro atoms. The number of fused-ring (bicyclic) bond motifs is 1. The molecule has 122 valence electrons. The molecule has 3 heterocycles. The van der Waals surface area contributed by atoms with Crippen molar-refractivity contribution in [1.29, 1.82) is 0 Å². The molecule has 4 rings (SSSR count). The number of para-hydroxylation sites is 2. The molecule has 7 nitrogen and oxygen atoms in total. The number of hydrogen-bond donors (Lipinski definition) is 1. The van der Waals surface area contributed by atoms with Crippen LogP contribution in [0.5, 0.6) is 0 Å². The van der Waals surface area contributed by atoms with E-state index in [1.807, 2.05) is 41.0 Å². The van der Waals surface area contributed by atoms with Crippen LogP contribution in [0.1, 0.15) is 16.1 Å². The summed E-state index contributed by atoms with van der Waals surface area (Å²) in [5.41, 5.74) is 3.10. The molecule has 7 heteroatoms. The van der Waals surface area contributed by atoms with Crippen LogP contribution in [0.2, 0.25) is 0 Å². The summed E-state index contributed by atoms with van der Waals surface area (Å²) in [5, 5.41) is 2.80. The number of pyridine rings is 1. The highest BCUT2D eigenvalue weighted by molar-refractivity contribution is 5.91. The van der Waals surface area contributed by atoms with E-state index in [1.165, 1.54) is 18.6 Å². The van der Waals surface area contributed by atoms with Crippen molar-refractivity contribution in [2.45, 2.75) is 6.54 Å². The Morgan fingerprint density at radius 1 is 1.00 bits per heavy atom. The van der Waals surface area contributed by atoms with Crippen LogP contribution in [0.3, 0.4) is 0 Å². The minimum atomic E-state index is -0.266. The average Bonchev–Trinajstić information content (AvgIpc) is 3.11. The quantitative estimate of drug-likeness (QED) is 0.619. The number of carbonyl (C=O) groups is 1. The molecule has 0 aliphatic rings. The van der Waals surface area contributed by atoms with Gasteiger partial charge >= 0.3 is 0 Å². The summed E-state index contributed by atoms with van der Waals surface area (Å²) in [6, 6.07) is 11.7. The van der Waals surface area contributed by atoms with Gasteiger partial charge in [0.2, 0.25) is 0 Å². The lowest BCUT2D eigenvalue weighted by molar-refractivity contribution is 0.0945. The summed E-state index contributed by atoms with van der Waals surface area (Å²) in [6.45, 7) is 0.368. The molecule has 25 heavy (non-hydrogen) atoms. The number of amides is 1. The smallest absolute Gasteiger partial charge is 0.271 e. The molecule has 1 N–H and O–H groups in total. The molecule has 0 fully saturated rings. The fourth-order valence-electron chi connectivity index (χ4n) is 2.49. The normalized spacial score (nSPS) is 10.7. The zero-order valence-electron chi connectivity index (χ0n) is 13.2. The third-order valence-electron chi connectivity index (χ3n) is 3.76. The van der Waals surface area contributed by atoms with E-state index in [2.05, 4.69) is 25.3 Å². The highest BCUT2D eigenvalue weighted by Crippen LogP contribution is 2.16.